The van der Waals surface area contributed by atoms with Gasteiger partial charge in [0.25, 0.3) is 0 Å². The zero-order valence-electron chi connectivity index (χ0n) is 21.3. The van der Waals surface area contributed by atoms with E-state index < -0.39 is 18.3 Å². The molecule has 0 heterocycles. The summed E-state index contributed by atoms with van der Waals surface area (Å²) >= 11 is 0.0996. The van der Waals surface area contributed by atoms with Crippen LogP contribution in [0.25, 0.3) is 0 Å². The van der Waals surface area contributed by atoms with Crippen LogP contribution in [0.3, 0.4) is 0 Å². The fourth-order valence-corrected chi connectivity index (χ4v) is 7.59. The van der Waals surface area contributed by atoms with E-state index in [9.17, 15) is 5.11 Å². The summed E-state index contributed by atoms with van der Waals surface area (Å²) in [5.41, 5.74) is 3.27. The van der Waals surface area contributed by atoms with Gasteiger partial charge in [0.1, 0.15) is 0 Å². The molecule has 0 unspecified atom stereocenters. The number of aliphatic hydroxyl groups excluding tert-OH is 1. The number of aliphatic hydroxyl groups is 1. The molecule has 5 heteroatoms. The van der Waals surface area contributed by atoms with E-state index in [0.717, 1.165) is 16.7 Å². The minimum atomic E-state index is -0.647. The number of hydrogen-bond acceptors (Lipinski definition) is 4. The van der Waals surface area contributed by atoms with Crippen molar-refractivity contribution in [3.8, 4) is 0 Å². The molecule has 1 aliphatic rings. The van der Waals surface area contributed by atoms with Crippen LogP contribution >= 0.6 is 0 Å². The number of hydrogen-bond donors (Lipinski definition) is 1. The average Bonchev–Trinajstić information content (AvgIpc) is 2.97. The van der Waals surface area contributed by atoms with Crippen molar-refractivity contribution in [2.24, 2.45) is 0 Å². The molecule has 0 radical (unpaired) electrons. The third kappa shape index (κ3) is 7.42. The first kappa shape index (κ1) is 26.8. The summed E-state index contributed by atoms with van der Waals surface area (Å²) in [7, 11) is 0. The quantitative estimate of drug-likeness (QED) is 0.247. The van der Waals surface area contributed by atoms with Crippen LogP contribution in [0.1, 0.15) is 23.1 Å². The summed E-state index contributed by atoms with van der Waals surface area (Å²) in [5, 5.41) is 11.4. The first-order chi connectivity index (χ1) is 18.8. The molecule has 0 spiro atoms. The van der Waals surface area contributed by atoms with E-state index in [-0.39, 0.29) is 25.9 Å². The van der Waals surface area contributed by atoms with E-state index in [1.54, 1.807) is 0 Å². The van der Waals surface area contributed by atoms with Crippen molar-refractivity contribution in [1.82, 2.24) is 0 Å². The molecule has 0 aromatic heterocycles. The zero-order valence-corrected chi connectivity index (χ0v) is 23.1. The van der Waals surface area contributed by atoms with Crippen LogP contribution in [0, 0.1) is 0 Å². The molecule has 1 saturated carbocycles. The van der Waals surface area contributed by atoms with Gasteiger partial charge in [0.2, 0.25) is 0 Å². The van der Waals surface area contributed by atoms with Gasteiger partial charge < -0.3 is 0 Å². The monoisotopic (exact) mass is 574 g/mol. The van der Waals surface area contributed by atoms with Gasteiger partial charge in [-0.15, -0.1) is 0 Å². The predicted molar refractivity (Wildman–Crippen MR) is 151 cm³/mol. The van der Waals surface area contributed by atoms with Gasteiger partial charge in [0, 0.05) is 0 Å². The molecule has 5 rings (SSSR count). The van der Waals surface area contributed by atoms with Gasteiger partial charge in [-0.25, -0.2) is 0 Å². The van der Waals surface area contributed by atoms with Crippen LogP contribution in [-0.2, 0) is 34.0 Å². The van der Waals surface area contributed by atoms with Crippen LogP contribution < -0.4 is 4.46 Å². The van der Waals surface area contributed by atoms with E-state index in [2.05, 4.69) is 48.5 Å². The SMILES string of the molecule is O[C@@H]1C[C@@H]([Se]c2ccccc2)[C@H](OCc2ccccc2)[C@@H](OCc2ccccc2)[C@@H]1OCc1ccccc1. The van der Waals surface area contributed by atoms with Crippen molar-refractivity contribution in [3.05, 3.63) is 138 Å². The molecule has 0 aliphatic heterocycles. The van der Waals surface area contributed by atoms with Gasteiger partial charge in [-0.1, -0.05) is 0 Å². The van der Waals surface area contributed by atoms with E-state index in [0.29, 0.717) is 26.2 Å². The van der Waals surface area contributed by atoms with E-state index in [1.165, 1.54) is 4.46 Å². The molecule has 0 saturated heterocycles. The molecule has 1 aliphatic carbocycles. The molecule has 4 nitrogen and oxygen atoms in total. The Kier molecular flexibility index (Phi) is 9.79. The second kappa shape index (κ2) is 13.9. The Morgan fingerprint density at radius 3 is 1.39 bits per heavy atom. The van der Waals surface area contributed by atoms with Crippen molar-refractivity contribution < 1.29 is 19.3 Å². The van der Waals surface area contributed by atoms with Gasteiger partial charge in [0.15, 0.2) is 0 Å². The summed E-state index contributed by atoms with van der Waals surface area (Å²) in [6.07, 6.45) is -1.17. The van der Waals surface area contributed by atoms with Crippen LogP contribution in [-0.4, -0.2) is 44.5 Å². The molecule has 1 N–H and O–H groups in total. The molecule has 0 bridgehead atoms. The molecule has 38 heavy (non-hydrogen) atoms. The van der Waals surface area contributed by atoms with Crippen molar-refractivity contribution >= 4 is 19.4 Å². The molecule has 196 valence electrons. The summed E-state index contributed by atoms with van der Waals surface area (Å²) in [6.45, 7) is 1.33. The molecular weight excluding hydrogens is 539 g/mol. The van der Waals surface area contributed by atoms with E-state index >= 15 is 0 Å². The molecule has 1 fully saturated rings. The second-order valence-electron chi connectivity index (χ2n) is 9.56. The van der Waals surface area contributed by atoms with Crippen LogP contribution in [0.4, 0.5) is 0 Å². The summed E-state index contributed by atoms with van der Waals surface area (Å²) in [5.74, 6) is 0. The van der Waals surface area contributed by atoms with Gasteiger partial charge >= 0.3 is 232 Å². The first-order valence-corrected chi connectivity index (χ1v) is 15.0. The third-order valence-corrected chi connectivity index (χ3v) is 9.50. The number of ether oxygens (including phenoxy) is 3. The molecule has 0 amide bonds. The first-order valence-electron chi connectivity index (χ1n) is 13.1. The summed E-state index contributed by atoms with van der Waals surface area (Å²) in [4.78, 5) is 0.140. The number of benzene rings is 4. The normalized spacial score (nSPS) is 23.2. The van der Waals surface area contributed by atoms with Crippen LogP contribution in [0.5, 0.6) is 0 Å². The summed E-state index contributed by atoms with van der Waals surface area (Å²) in [6, 6.07) is 41.0. The maximum absolute atomic E-state index is 11.4. The molecular formula is C33H34O4Se. The van der Waals surface area contributed by atoms with Crippen LogP contribution in [0.2, 0.25) is 4.82 Å². The van der Waals surface area contributed by atoms with Gasteiger partial charge in [-0.05, 0) is 0 Å². The Balaban J connectivity index is 1.41. The van der Waals surface area contributed by atoms with Crippen molar-refractivity contribution in [2.45, 2.75) is 55.5 Å². The van der Waals surface area contributed by atoms with E-state index in [4.69, 9.17) is 14.2 Å². The standard InChI is InChI=1S/C33H34O4Se/c34-29-21-30(38-28-19-11-4-12-20-28)32(36-23-26-15-7-2-8-16-26)33(37-24-27-17-9-3-10-18-27)31(29)35-22-25-13-5-1-6-14-25/h1-20,29-34H,21-24H2/t29-,30-,31-,32+,33+/m1/s1. The Bertz CT molecular complexity index is 1210. The van der Waals surface area contributed by atoms with Crippen molar-refractivity contribution in [2.75, 3.05) is 0 Å². The zero-order chi connectivity index (χ0) is 26.0. The molecule has 4 aromatic rings. The topological polar surface area (TPSA) is 47.9 Å². The maximum atomic E-state index is 11.4. The fraction of sp³-hybridized carbons (Fsp3) is 0.273. The van der Waals surface area contributed by atoms with Crippen molar-refractivity contribution in [3.63, 3.8) is 0 Å². The Morgan fingerprint density at radius 2 is 0.921 bits per heavy atom. The molecule has 5 atom stereocenters. The average molecular weight is 574 g/mol. The molecule has 4 aromatic carbocycles. The van der Waals surface area contributed by atoms with Gasteiger partial charge in [0.05, 0.1) is 0 Å². The van der Waals surface area contributed by atoms with Crippen LogP contribution in [0.15, 0.2) is 121 Å². The summed E-state index contributed by atoms with van der Waals surface area (Å²) < 4.78 is 21.0. The fourth-order valence-electron chi connectivity index (χ4n) is 4.81. The Labute approximate surface area is 231 Å². The third-order valence-electron chi connectivity index (χ3n) is 6.75. The number of rotatable bonds is 11. The van der Waals surface area contributed by atoms with Gasteiger partial charge in [-0.2, -0.15) is 0 Å². The second-order valence-corrected chi connectivity index (χ2v) is 12.3. The minimum absolute atomic E-state index is 0.0996. The van der Waals surface area contributed by atoms with Crippen molar-refractivity contribution in [1.29, 1.82) is 0 Å². The predicted octanol–water partition coefficient (Wildman–Crippen LogP) is 5.33. The Hall–Kier alpha value is -2.76. The van der Waals surface area contributed by atoms with E-state index in [1.807, 2.05) is 72.8 Å². The Morgan fingerprint density at radius 1 is 0.526 bits per heavy atom. The van der Waals surface area contributed by atoms with Gasteiger partial charge in [-0.3, -0.25) is 0 Å².